The summed E-state index contributed by atoms with van der Waals surface area (Å²) in [5, 5.41) is 0. The average molecular weight is 437 g/mol. The third-order valence-corrected chi connectivity index (χ3v) is 7.55. The first-order chi connectivity index (χ1) is 14.3. The quantitative estimate of drug-likeness (QED) is 0.439. The maximum atomic E-state index is 12.5. The molecule has 1 aromatic carbocycles. The molecule has 0 bridgehead atoms. The average Bonchev–Trinajstić information content (AvgIpc) is 2.77. The summed E-state index contributed by atoms with van der Waals surface area (Å²) in [7, 11) is -1.75. The van der Waals surface area contributed by atoms with Crippen LogP contribution in [0.4, 0.5) is 0 Å². The van der Waals surface area contributed by atoms with Crippen molar-refractivity contribution in [3.8, 4) is 0 Å². The molecule has 1 aliphatic rings. The third kappa shape index (κ3) is 6.40. The minimum Gasteiger partial charge on any atom is -0.452 e. The van der Waals surface area contributed by atoms with E-state index in [1.165, 1.54) is 35.0 Å². The molecule has 30 heavy (non-hydrogen) atoms. The molecule has 1 saturated carbocycles. The molecule has 0 aromatic heterocycles. The minimum absolute atomic E-state index is 0.199. The van der Waals surface area contributed by atoms with Crippen molar-refractivity contribution in [3.63, 3.8) is 0 Å². The largest absolute Gasteiger partial charge is 0.452 e. The van der Waals surface area contributed by atoms with Crippen LogP contribution in [0.2, 0.25) is 0 Å². The molecule has 0 radical (unpaired) electrons. The van der Waals surface area contributed by atoms with Gasteiger partial charge < -0.3 is 9.64 Å². The molecule has 2 rings (SSSR count). The minimum atomic E-state index is -3.51. The number of likely N-dealkylation sites (N-methyl/N-ethyl adjacent to an activating group) is 1. The Bertz CT molecular complexity index is 839. The van der Waals surface area contributed by atoms with Gasteiger partial charge in [0.2, 0.25) is 10.0 Å². The Morgan fingerprint density at radius 2 is 1.67 bits per heavy atom. The molecule has 0 unspecified atom stereocenters. The lowest BCUT2D eigenvalue weighted by atomic mass is 9.94. The van der Waals surface area contributed by atoms with Crippen LogP contribution in [0.3, 0.4) is 0 Å². The molecule has 7 nitrogen and oxygen atoms in total. The summed E-state index contributed by atoms with van der Waals surface area (Å²) in [5.41, 5.74) is 0.663. The number of hydrogen-bond acceptors (Lipinski definition) is 5. The number of benzene rings is 1. The Hall–Kier alpha value is -2.19. The number of ether oxygens (including phenoxy) is 1. The lowest BCUT2D eigenvalue weighted by Crippen LogP contribution is -2.40. The lowest BCUT2D eigenvalue weighted by molar-refractivity contribution is -0.148. The van der Waals surface area contributed by atoms with E-state index >= 15 is 0 Å². The molecule has 1 aromatic rings. The summed E-state index contributed by atoms with van der Waals surface area (Å²) < 4.78 is 31.4. The number of carbonyl (C=O) groups excluding carboxylic acids is 2. The van der Waals surface area contributed by atoms with E-state index in [0.717, 1.165) is 25.7 Å². The van der Waals surface area contributed by atoms with E-state index in [1.807, 2.05) is 0 Å². The van der Waals surface area contributed by atoms with Crippen molar-refractivity contribution >= 4 is 28.0 Å². The third-order valence-electron chi connectivity index (χ3n) is 5.49. The first-order valence-corrected chi connectivity index (χ1v) is 11.9. The molecular formula is C22H32N2O5S. The Balaban J connectivity index is 1.88. The smallest absolute Gasteiger partial charge is 0.331 e. The molecule has 8 heteroatoms. The first kappa shape index (κ1) is 24.1. The van der Waals surface area contributed by atoms with Crippen LogP contribution in [0.1, 0.15) is 51.5 Å². The van der Waals surface area contributed by atoms with Crippen molar-refractivity contribution in [2.75, 3.05) is 26.7 Å². The van der Waals surface area contributed by atoms with Crippen LogP contribution in [0.15, 0.2) is 35.2 Å². The Kier molecular flexibility index (Phi) is 9.05. The highest BCUT2D eigenvalue weighted by Gasteiger charge is 2.23. The zero-order valence-corrected chi connectivity index (χ0v) is 18.9. The van der Waals surface area contributed by atoms with Gasteiger partial charge in [-0.15, -0.1) is 0 Å². The van der Waals surface area contributed by atoms with E-state index in [9.17, 15) is 18.0 Å². The molecule has 0 aliphatic heterocycles. The van der Waals surface area contributed by atoms with E-state index < -0.39 is 16.0 Å². The van der Waals surface area contributed by atoms with E-state index in [0.29, 0.717) is 18.7 Å². The van der Waals surface area contributed by atoms with Gasteiger partial charge in [-0.25, -0.2) is 13.2 Å². The normalized spacial score (nSPS) is 15.5. The van der Waals surface area contributed by atoms with Crippen LogP contribution in [0.25, 0.3) is 6.08 Å². The van der Waals surface area contributed by atoms with Crippen LogP contribution in [0, 0.1) is 0 Å². The number of rotatable bonds is 9. The zero-order chi connectivity index (χ0) is 22.1. The van der Waals surface area contributed by atoms with E-state index in [1.54, 1.807) is 37.9 Å². The summed E-state index contributed by atoms with van der Waals surface area (Å²) in [6, 6.07) is 6.51. The Morgan fingerprint density at radius 3 is 2.23 bits per heavy atom. The predicted octanol–water partition coefficient (Wildman–Crippen LogP) is 3.06. The SMILES string of the molecule is CCN(CC)S(=O)(=O)c1ccc(C=CC(=O)OCC(=O)N(C)C2CCCCC2)cc1. The van der Waals surface area contributed by atoms with E-state index in [-0.39, 0.29) is 23.5 Å². The van der Waals surface area contributed by atoms with Crippen molar-refractivity contribution in [2.45, 2.75) is 56.9 Å². The molecule has 1 amide bonds. The molecular weight excluding hydrogens is 404 g/mol. The number of hydrogen-bond donors (Lipinski definition) is 0. The molecule has 0 heterocycles. The van der Waals surface area contributed by atoms with Gasteiger partial charge in [-0.2, -0.15) is 4.31 Å². The van der Waals surface area contributed by atoms with Crippen LogP contribution >= 0.6 is 0 Å². The van der Waals surface area contributed by atoms with Gasteiger partial charge in [-0.3, -0.25) is 4.79 Å². The topological polar surface area (TPSA) is 84.0 Å². The van der Waals surface area contributed by atoms with Gasteiger partial charge in [0, 0.05) is 32.3 Å². The molecule has 1 fully saturated rings. The van der Waals surface area contributed by atoms with Gasteiger partial charge in [0.1, 0.15) is 0 Å². The summed E-state index contributed by atoms with van der Waals surface area (Å²) in [6.45, 7) is 4.11. The fourth-order valence-corrected chi connectivity index (χ4v) is 5.04. The molecule has 1 aliphatic carbocycles. The number of sulfonamides is 1. The van der Waals surface area contributed by atoms with Gasteiger partial charge in [-0.05, 0) is 36.6 Å². The fraction of sp³-hybridized carbons (Fsp3) is 0.545. The van der Waals surface area contributed by atoms with Gasteiger partial charge in [0.05, 0.1) is 4.90 Å². The zero-order valence-electron chi connectivity index (χ0n) is 18.0. The molecule has 166 valence electrons. The highest BCUT2D eigenvalue weighted by atomic mass is 32.2. The number of amides is 1. The molecule has 0 N–H and O–H groups in total. The summed E-state index contributed by atoms with van der Waals surface area (Å²) in [4.78, 5) is 26.0. The van der Waals surface area contributed by atoms with Gasteiger partial charge in [0.25, 0.3) is 5.91 Å². The Labute approximate surface area is 179 Å². The van der Waals surface area contributed by atoms with Crippen molar-refractivity contribution in [2.24, 2.45) is 0 Å². The number of nitrogens with zero attached hydrogens (tertiary/aromatic N) is 2. The summed E-state index contributed by atoms with van der Waals surface area (Å²) >= 11 is 0. The first-order valence-electron chi connectivity index (χ1n) is 10.5. The van der Waals surface area contributed by atoms with Crippen molar-refractivity contribution in [3.05, 3.63) is 35.9 Å². The van der Waals surface area contributed by atoms with E-state index in [4.69, 9.17) is 4.74 Å². The highest BCUT2D eigenvalue weighted by Crippen LogP contribution is 2.21. The van der Waals surface area contributed by atoms with Gasteiger partial charge >= 0.3 is 5.97 Å². The molecule has 0 atom stereocenters. The molecule has 0 spiro atoms. The van der Waals surface area contributed by atoms with E-state index in [2.05, 4.69) is 0 Å². The molecule has 0 saturated heterocycles. The summed E-state index contributed by atoms with van der Waals surface area (Å²) in [5.74, 6) is -0.810. The second kappa shape index (κ2) is 11.3. The predicted molar refractivity (Wildman–Crippen MR) is 116 cm³/mol. The maximum Gasteiger partial charge on any atom is 0.331 e. The van der Waals surface area contributed by atoms with Crippen LogP contribution in [-0.2, 0) is 24.3 Å². The van der Waals surface area contributed by atoms with Crippen LogP contribution in [-0.4, -0.2) is 62.3 Å². The summed E-state index contributed by atoms with van der Waals surface area (Å²) in [6.07, 6.45) is 8.22. The van der Waals surface area contributed by atoms with Gasteiger partial charge in [-0.1, -0.05) is 45.2 Å². The van der Waals surface area contributed by atoms with Crippen molar-refractivity contribution in [1.82, 2.24) is 9.21 Å². The fourth-order valence-electron chi connectivity index (χ4n) is 3.58. The highest BCUT2D eigenvalue weighted by molar-refractivity contribution is 7.89. The van der Waals surface area contributed by atoms with Crippen molar-refractivity contribution < 1.29 is 22.7 Å². The maximum absolute atomic E-state index is 12.5. The monoisotopic (exact) mass is 436 g/mol. The number of esters is 1. The van der Waals surface area contributed by atoms with Crippen LogP contribution < -0.4 is 0 Å². The standard InChI is InChI=1S/C22H32N2O5S/c1-4-24(5-2)30(27,28)20-14-11-18(12-15-20)13-16-22(26)29-17-21(25)23(3)19-9-7-6-8-10-19/h11-16,19H,4-10,17H2,1-3H3. The Morgan fingerprint density at radius 1 is 1.07 bits per heavy atom. The lowest BCUT2D eigenvalue weighted by Gasteiger charge is -2.31. The second-order valence-electron chi connectivity index (χ2n) is 7.40. The second-order valence-corrected chi connectivity index (χ2v) is 9.33. The van der Waals surface area contributed by atoms with Crippen LogP contribution in [0.5, 0.6) is 0 Å². The van der Waals surface area contributed by atoms with Crippen molar-refractivity contribution in [1.29, 1.82) is 0 Å². The number of carbonyl (C=O) groups is 2. The van der Waals surface area contributed by atoms with Gasteiger partial charge in [0.15, 0.2) is 6.61 Å².